The Bertz CT molecular complexity index is 670. The van der Waals surface area contributed by atoms with Gasteiger partial charge in [0.05, 0.1) is 11.1 Å². The van der Waals surface area contributed by atoms with Gasteiger partial charge in [-0.2, -0.15) is 0 Å². The van der Waals surface area contributed by atoms with Crippen LogP contribution in [-0.4, -0.2) is 17.7 Å². The summed E-state index contributed by atoms with van der Waals surface area (Å²) < 4.78 is 37.2. The number of carbonyl (C=O) groups is 1. The molecule has 0 saturated carbocycles. The van der Waals surface area contributed by atoms with Crippen LogP contribution in [0.5, 0.6) is 0 Å². The number of aromatic nitrogens is 1. The first-order chi connectivity index (χ1) is 9.45. The summed E-state index contributed by atoms with van der Waals surface area (Å²) >= 11 is 2.88. The van der Waals surface area contributed by atoms with E-state index in [1.54, 1.807) is 6.92 Å². The minimum Gasteiger partial charge on any atom is -0.462 e. The van der Waals surface area contributed by atoms with Crippen molar-refractivity contribution in [1.29, 1.82) is 0 Å². The molecule has 106 valence electrons. The number of halogens is 3. The second kappa shape index (κ2) is 5.70. The molecule has 2 rings (SSSR count). The molecule has 0 aliphatic carbocycles. The van der Waals surface area contributed by atoms with E-state index < -0.39 is 17.6 Å². The third kappa shape index (κ3) is 2.58. The average Bonchev–Trinajstić information content (AvgIpc) is 2.76. The molecule has 0 radical (unpaired) electrons. The van der Waals surface area contributed by atoms with Gasteiger partial charge in [0, 0.05) is 5.56 Å². The van der Waals surface area contributed by atoms with Gasteiger partial charge < -0.3 is 9.26 Å². The van der Waals surface area contributed by atoms with E-state index in [2.05, 4.69) is 21.1 Å². The summed E-state index contributed by atoms with van der Waals surface area (Å²) in [4.78, 5) is 11.8. The van der Waals surface area contributed by atoms with Crippen LogP contribution >= 0.6 is 15.9 Å². The number of ether oxygens (including phenoxy) is 1. The largest absolute Gasteiger partial charge is 0.462 e. The van der Waals surface area contributed by atoms with Crippen LogP contribution in [0, 0.1) is 18.6 Å². The summed E-state index contributed by atoms with van der Waals surface area (Å²) in [6.07, 6.45) is 0. The molecule has 0 unspecified atom stereocenters. The smallest absolute Gasteiger partial charge is 0.344 e. The molecular formula is C13H10BrF2NO3. The van der Waals surface area contributed by atoms with E-state index in [1.807, 2.05) is 0 Å². The van der Waals surface area contributed by atoms with E-state index in [0.29, 0.717) is 0 Å². The van der Waals surface area contributed by atoms with Crippen molar-refractivity contribution in [3.63, 3.8) is 0 Å². The SMILES string of the molecule is CCOC(=O)c1c(-c2cc(F)c(Br)cc2F)noc1C. The van der Waals surface area contributed by atoms with E-state index >= 15 is 0 Å². The summed E-state index contributed by atoms with van der Waals surface area (Å²) in [7, 11) is 0. The lowest BCUT2D eigenvalue weighted by Gasteiger charge is -2.05. The van der Waals surface area contributed by atoms with Crippen LogP contribution in [0.25, 0.3) is 11.3 Å². The van der Waals surface area contributed by atoms with E-state index in [9.17, 15) is 13.6 Å². The maximum absolute atomic E-state index is 13.9. The zero-order chi connectivity index (χ0) is 14.9. The highest BCUT2D eigenvalue weighted by Gasteiger charge is 2.25. The fourth-order valence-electron chi connectivity index (χ4n) is 1.70. The van der Waals surface area contributed by atoms with Crippen molar-refractivity contribution >= 4 is 21.9 Å². The average molecular weight is 346 g/mol. The molecule has 0 saturated heterocycles. The molecule has 0 atom stereocenters. The molecule has 1 aromatic heterocycles. The predicted molar refractivity (Wildman–Crippen MR) is 70.2 cm³/mol. The van der Waals surface area contributed by atoms with Gasteiger partial charge in [0.25, 0.3) is 0 Å². The Labute approximate surface area is 121 Å². The van der Waals surface area contributed by atoms with Gasteiger partial charge in [-0.1, -0.05) is 5.16 Å². The molecule has 0 fully saturated rings. The number of nitrogens with zero attached hydrogens (tertiary/aromatic N) is 1. The highest BCUT2D eigenvalue weighted by molar-refractivity contribution is 9.10. The Morgan fingerprint density at radius 1 is 1.40 bits per heavy atom. The van der Waals surface area contributed by atoms with Crippen molar-refractivity contribution in [3.05, 3.63) is 39.6 Å². The number of carbonyl (C=O) groups excluding carboxylic acids is 1. The Hall–Kier alpha value is -1.76. The molecular weight excluding hydrogens is 336 g/mol. The molecule has 4 nitrogen and oxygen atoms in total. The number of esters is 1. The quantitative estimate of drug-likeness (QED) is 0.625. The summed E-state index contributed by atoms with van der Waals surface area (Å²) in [5.74, 6) is -1.90. The zero-order valence-corrected chi connectivity index (χ0v) is 12.3. The van der Waals surface area contributed by atoms with Crippen molar-refractivity contribution in [1.82, 2.24) is 5.16 Å². The van der Waals surface area contributed by atoms with Crippen LogP contribution in [0.4, 0.5) is 8.78 Å². The van der Waals surface area contributed by atoms with Gasteiger partial charge in [-0.25, -0.2) is 13.6 Å². The lowest BCUT2D eigenvalue weighted by molar-refractivity contribution is 0.0525. The second-order valence-corrected chi connectivity index (χ2v) is 4.78. The van der Waals surface area contributed by atoms with E-state index in [-0.39, 0.29) is 33.7 Å². The molecule has 0 aliphatic heterocycles. The highest BCUT2D eigenvalue weighted by Crippen LogP contribution is 2.31. The second-order valence-electron chi connectivity index (χ2n) is 3.93. The van der Waals surface area contributed by atoms with Crippen LogP contribution in [0.3, 0.4) is 0 Å². The molecule has 1 aromatic carbocycles. The van der Waals surface area contributed by atoms with Gasteiger partial charge in [-0.3, -0.25) is 0 Å². The summed E-state index contributed by atoms with van der Waals surface area (Å²) in [6.45, 7) is 3.29. The molecule has 0 amide bonds. The normalized spacial score (nSPS) is 10.7. The first-order valence-corrected chi connectivity index (χ1v) is 6.53. The standard InChI is InChI=1S/C13H10BrF2NO3/c1-3-19-13(18)11-6(2)20-17-12(11)7-4-10(16)8(14)5-9(7)15/h4-5H,3H2,1-2H3. The molecule has 0 N–H and O–H groups in total. The van der Waals surface area contributed by atoms with Gasteiger partial charge >= 0.3 is 5.97 Å². The number of hydrogen-bond donors (Lipinski definition) is 0. The first kappa shape index (κ1) is 14.6. The monoisotopic (exact) mass is 345 g/mol. The molecule has 1 heterocycles. The van der Waals surface area contributed by atoms with E-state index in [4.69, 9.17) is 9.26 Å². The lowest BCUT2D eigenvalue weighted by Crippen LogP contribution is -2.07. The predicted octanol–water partition coefficient (Wildman–Crippen LogP) is 3.87. The summed E-state index contributed by atoms with van der Waals surface area (Å²) in [6, 6.07) is 1.91. The van der Waals surface area contributed by atoms with Gasteiger partial charge in [0.15, 0.2) is 0 Å². The van der Waals surface area contributed by atoms with E-state index in [0.717, 1.165) is 12.1 Å². The van der Waals surface area contributed by atoms with Crippen LogP contribution in [0.1, 0.15) is 23.0 Å². The first-order valence-electron chi connectivity index (χ1n) is 5.74. The Kier molecular flexibility index (Phi) is 4.17. The Morgan fingerprint density at radius 2 is 2.10 bits per heavy atom. The fourth-order valence-corrected chi connectivity index (χ4v) is 2.02. The van der Waals surface area contributed by atoms with Crippen molar-refractivity contribution in [2.75, 3.05) is 6.61 Å². The maximum atomic E-state index is 13.9. The molecule has 20 heavy (non-hydrogen) atoms. The van der Waals surface area contributed by atoms with Crippen molar-refractivity contribution < 1.29 is 22.8 Å². The van der Waals surface area contributed by atoms with Crippen LogP contribution < -0.4 is 0 Å². The Morgan fingerprint density at radius 3 is 2.75 bits per heavy atom. The van der Waals surface area contributed by atoms with E-state index in [1.165, 1.54) is 6.92 Å². The number of rotatable bonds is 3. The Balaban J connectivity index is 2.59. The third-order valence-corrected chi connectivity index (χ3v) is 3.22. The molecule has 7 heteroatoms. The third-order valence-electron chi connectivity index (χ3n) is 2.61. The minimum atomic E-state index is -0.725. The van der Waals surface area contributed by atoms with Crippen LogP contribution in [0.2, 0.25) is 0 Å². The molecule has 2 aromatic rings. The number of aryl methyl sites for hydroxylation is 1. The summed E-state index contributed by atoms with van der Waals surface area (Å²) in [5.41, 5.74) is -0.247. The van der Waals surface area contributed by atoms with Gasteiger partial charge in [-0.15, -0.1) is 0 Å². The molecule has 0 bridgehead atoms. The van der Waals surface area contributed by atoms with Crippen molar-refractivity contribution in [2.45, 2.75) is 13.8 Å². The lowest BCUT2D eigenvalue weighted by atomic mass is 10.1. The van der Waals surface area contributed by atoms with Gasteiger partial charge in [-0.05, 0) is 41.9 Å². The topological polar surface area (TPSA) is 52.3 Å². The van der Waals surface area contributed by atoms with Crippen molar-refractivity contribution in [2.24, 2.45) is 0 Å². The van der Waals surface area contributed by atoms with Gasteiger partial charge in [0.1, 0.15) is 28.7 Å². The fraction of sp³-hybridized carbons (Fsp3) is 0.231. The van der Waals surface area contributed by atoms with Crippen molar-refractivity contribution in [3.8, 4) is 11.3 Å². The highest BCUT2D eigenvalue weighted by atomic mass is 79.9. The van der Waals surface area contributed by atoms with Crippen LogP contribution in [-0.2, 0) is 4.74 Å². The van der Waals surface area contributed by atoms with Crippen LogP contribution in [0.15, 0.2) is 21.1 Å². The summed E-state index contributed by atoms with van der Waals surface area (Å²) in [5, 5.41) is 3.62. The number of hydrogen-bond acceptors (Lipinski definition) is 4. The number of benzene rings is 1. The minimum absolute atomic E-state index is 0.00697. The maximum Gasteiger partial charge on any atom is 0.344 e. The molecule has 0 spiro atoms. The zero-order valence-electron chi connectivity index (χ0n) is 10.7. The van der Waals surface area contributed by atoms with Gasteiger partial charge in [0.2, 0.25) is 0 Å². The molecule has 0 aliphatic rings.